The van der Waals surface area contributed by atoms with Crippen molar-refractivity contribution in [1.29, 1.82) is 0 Å². The highest BCUT2D eigenvalue weighted by Gasteiger charge is 2.29. The van der Waals surface area contributed by atoms with E-state index in [2.05, 4.69) is 18.2 Å². The fourth-order valence-corrected chi connectivity index (χ4v) is 2.85. The highest BCUT2D eigenvalue weighted by Crippen LogP contribution is 2.36. The molecule has 15 heavy (non-hydrogen) atoms. The Kier molecular flexibility index (Phi) is 3.60. The van der Waals surface area contributed by atoms with Crippen molar-refractivity contribution in [3.63, 3.8) is 0 Å². The Morgan fingerprint density at radius 2 is 1.67 bits per heavy atom. The van der Waals surface area contributed by atoms with Gasteiger partial charge in [-0.1, -0.05) is 24.3 Å². The molecule has 2 rings (SSSR count). The Morgan fingerprint density at radius 1 is 1.00 bits per heavy atom. The molecule has 0 heterocycles. The monoisotopic (exact) mass is 208 g/mol. The molecule has 0 aliphatic heterocycles. The van der Waals surface area contributed by atoms with Crippen molar-refractivity contribution in [2.45, 2.75) is 31.8 Å². The van der Waals surface area contributed by atoms with Crippen LogP contribution in [0.5, 0.6) is 0 Å². The van der Waals surface area contributed by atoms with Gasteiger partial charge in [-0.25, -0.2) is 0 Å². The van der Waals surface area contributed by atoms with Crippen LogP contribution in [0.1, 0.15) is 25.7 Å². The summed E-state index contributed by atoms with van der Waals surface area (Å²) in [7, 11) is 0. The molecule has 0 aromatic rings. The van der Waals surface area contributed by atoms with Crippen LogP contribution in [0.3, 0.4) is 0 Å². The lowest BCUT2D eigenvalue weighted by Crippen LogP contribution is -2.29. The van der Waals surface area contributed by atoms with Crippen LogP contribution in [0.25, 0.3) is 0 Å². The minimum Gasteiger partial charge on any atom is -0.396 e. The normalized spacial score (nSPS) is 40.7. The molecule has 84 valence electrons. The zero-order valence-electron chi connectivity index (χ0n) is 9.05. The molecule has 2 heteroatoms. The van der Waals surface area contributed by atoms with Gasteiger partial charge in [0.15, 0.2) is 0 Å². The van der Waals surface area contributed by atoms with Gasteiger partial charge in [-0.3, -0.25) is 0 Å². The quantitative estimate of drug-likeness (QED) is 0.727. The molecule has 2 unspecified atom stereocenters. The largest absolute Gasteiger partial charge is 0.396 e. The van der Waals surface area contributed by atoms with Gasteiger partial charge in [0.2, 0.25) is 0 Å². The fraction of sp³-hybridized carbons (Fsp3) is 0.692. The molecule has 0 bridgehead atoms. The van der Waals surface area contributed by atoms with Gasteiger partial charge in [0, 0.05) is 12.5 Å². The molecular formula is C13H20O2. The maximum atomic E-state index is 9.47. The lowest BCUT2D eigenvalue weighted by molar-refractivity contribution is 0.0839. The molecule has 2 aliphatic carbocycles. The van der Waals surface area contributed by atoms with Crippen molar-refractivity contribution in [2.24, 2.45) is 17.8 Å². The third kappa shape index (κ3) is 2.50. The minimum atomic E-state index is -0.0862. The number of hydrogen-bond donors (Lipinski definition) is 2. The van der Waals surface area contributed by atoms with E-state index in [1.54, 1.807) is 0 Å². The lowest BCUT2D eigenvalue weighted by atomic mass is 9.72. The molecule has 2 aliphatic rings. The molecule has 0 aromatic heterocycles. The first-order chi connectivity index (χ1) is 7.31. The van der Waals surface area contributed by atoms with Crippen molar-refractivity contribution < 1.29 is 10.2 Å². The Balaban J connectivity index is 1.97. The zero-order chi connectivity index (χ0) is 10.7. The maximum Gasteiger partial charge on any atom is 0.0540 e. The van der Waals surface area contributed by atoms with Crippen molar-refractivity contribution >= 4 is 0 Å². The number of hydrogen-bond acceptors (Lipinski definition) is 2. The van der Waals surface area contributed by atoms with Crippen LogP contribution in [-0.2, 0) is 0 Å². The summed E-state index contributed by atoms with van der Waals surface area (Å²) < 4.78 is 0. The second-order valence-corrected chi connectivity index (χ2v) is 4.76. The minimum absolute atomic E-state index is 0.0862. The SMILES string of the molecule is OCC1C=CC=CC1C1CCC(O)CC1. The van der Waals surface area contributed by atoms with Crippen molar-refractivity contribution in [1.82, 2.24) is 0 Å². The first-order valence-electron chi connectivity index (χ1n) is 5.95. The van der Waals surface area contributed by atoms with Crippen LogP contribution >= 0.6 is 0 Å². The molecule has 0 amide bonds. The second-order valence-electron chi connectivity index (χ2n) is 4.76. The van der Waals surface area contributed by atoms with E-state index in [4.69, 9.17) is 0 Å². The van der Waals surface area contributed by atoms with Gasteiger partial charge < -0.3 is 10.2 Å². The van der Waals surface area contributed by atoms with Crippen LogP contribution in [-0.4, -0.2) is 22.9 Å². The summed E-state index contributed by atoms with van der Waals surface area (Å²) in [5, 5.41) is 18.8. The highest BCUT2D eigenvalue weighted by molar-refractivity contribution is 5.15. The second kappa shape index (κ2) is 4.95. The molecule has 0 saturated heterocycles. The summed E-state index contributed by atoms with van der Waals surface area (Å²) in [5.41, 5.74) is 0. The first kappa shape index (κ1) is 10.9. The van der Waals surface area contributed by atoms with Gasteiger partial charge in [0.05, 0.1) is 6.10 Å². The van der Waals surface area contributed by atoms with Gasteiger partial charge >= 0.3 is 0 Å². The Labute approximate surface area is 91.3 Å². The summed E-state index contributed by atoms with van der Waals surface area (Å²) in [6, 6.07) is 0. The van der Waals surface area contributed by atoms with Crippen molar-refractivity contribution in [3.05, 3.63) is 24.3 Å². The molecule has 2 N–H and O–H groups in total. The van der Waals surface area contributed by atoms with Gasteiger partial charge in [-0.05, 0) is 37.5 Å². The maximum absolute atomic E-state index is 9.47. The topological polar surface area (TPSA) is 40.5 Å². The van der Waals surface area contributed by atoms with E-state index >= 15 is 0 Å². The van der Waals surface area contributed by atoms with Crippen LogP contribution in [0, 0.1) is 17.8 Å². The number of aliphatic hydroxyl groups is 2. The standard InChI is InChI=1S/C13H20O2/c14-9-11-3-1-2-4-13(11)10-5-7-12(15)8-6-10/h1-4,10-15H,5-9H2. The van der Waals surface area contributed by atoms with E-state index < -0.39 is 0 Å². The van der Waals surface area contributed by atoms with Crippen LogP contribution < -0.4 is 0 Å². The van der Waals surface area contributed by atoms with Gasteiger partial charge in [0.25, 0.3) is 0 Å². The van der Waals surface area contributed by atoms with Crippen LogP contribution in [0.15, 0.2) is 24.3 Å². The van der Waals surface area contributed by atoms with E-state index in [-0.39, 0.29) is 18.6 Å². The zero-order valence-corrected chi connectivity index (χ0v) is 9.05. The summed E-state index contributed by atoms with van der Waals surface area (Å²) in [5.74, 6) is 1.41. The molecule has 0 radical (unpaired) electrons. The molecule has 0 aromatic carbocycles. The molecular weight excluding hydrogens is 188 g/mol. The van der Waals surface area contributed by atoms with E-state index in [1.807, 2.05) is 6.08 Å². The predicted molar refractivity (Wildman–Crippen MR) is 60.3 cm³/mol. The van der Waals surface area contributed by atoms with Crippen LogP contribution in [0.2, 0.25) is 0 Å². The van der Waals surface area contributed by atoms with Crippen molar-refractivity contribution in [2.75, 3.05) is 6.61 Å². The number of rotatable bonds is 2. The van der Waals surface area contributed by atoms with E-state index in [9.17, 15) is 10.2 Å². The lowest BCUT2D eigenvalue weighted by Gasteiger charge is -2.34. The number of allylic oxidation sites excluding steroid dienone is 3. The van der Waals surface area contributed by atoms with E-state index in [0.717, 1.165) is 25.7 Å². The Bertz CT molecular complexity index is 249. The third-order valence-corrected chi connectivity index (χ3v) is 3.79. The highest BCUT2D eigenvalue weighted by atomic mass is 16.3. The van der Waals surface area contributed by atoms with Gasteiger partial charge in [-0.2, -0.15) is 0 Å². The Morgan fingerprint density at radius 3 is 2.33 bits per heavy atom. The first-order valence-corrected chi connectivity index (χ1v) is 5.95. The molecule has 1 fully saturated rings. The molecule has 0 spiro atoms. The van der Waals surface area contributed by atoms with Gasteiger partial charge in [-0.15, -0.1) is 0 Å². The average molecular weight is 208 g/mol. The molecule has 2 nitrogen and oxygen atoms in total. The summed E-state index contributed by atoms with van der Waals surface area (Å²) >= 11 is 0. The van der Waals surface area contributed by atoms with Crippen LogP contribution in [0.4, 0.5) is 0 Å². The third-order valence-electron chi connectivity index (χ3n) is 3.79. The van der Waals surface area contributed by atoms with E-state index in [1.165, 1.54) is 0 Å². The summed E-state index contributed by atoms with van der Waals surface area (Å²) in [4.78, 5) is 0. The predicted octanol–water partition coefficient (Wildman–Crippen LogP) is 1.89. The van der Waals surface area contributed by atoms with Crippen molar-refractivity contribution in [3.8, 4) is 0 Å². The fourth-order valence-electron chi connectivity index (χ4n) is 2.85. The summed E-state index contributed by atoms with van der Waals surface area (Å²) in [6.45, 7) is 0.241. The number of aliphatic hydroxyl groups excluding tert-OH is 2. The smallest absolute Gasteiger partial charge is 0.0540 e. The van der Waals surface area contributed by atoms with Gasteiger partial charge in [0.1, 0.15) is 0 Å². The van der Waals surface area contributed by atoms with E-state index in [0.29, 0.717) is 11.8 Å². The summed E-state index contributed by atoms with van der Waals surface area (Å²) in [6.07, 6.45) is 12.4. The average Bonchev–Trinajstić information content (AvgIpc) is 2.30. The molecule has 2 atom stereocenters. The molecule has 1 saturated carbocycles. The Hall–Kier alpha value is -0.600.